The van der Waals surface area contributed by atoms with Gasteiger partial charge < -0.3 is 10.1 Å². The molecule has 3 rings (SSSR count). The highest BCUT2D eigenvalue weighted by Crippen LogP contribution is 2.39. The van der Waals surface area contributed by atoms with Gasteiger partial charge in [0.1, 0.15) is 11.5 Å². The van der Waals surface area contributed by atoms with E-state index in [4.69, 9.17) is 4.74 Å². The molecular formula is C16H19NO3S. The van der Waals surface area contributed by atoms with Crippen molar-refractivity contribution in [3.8, 4) is 5.75 Å². The summed E-state index contributed by atoms with van der Waals surface area (Å²) in [6.45, 7) is 0.353. The van der Waals surface area contributed by atoms with E-state index in [1.807, 2.05) is 24.3 Å². The van der Waals surface area contributed by atoms with Gasteiger partial charge in [-0.25, -0.2) is 0 Å². The summed E-state index contributed by atoms with van der Waals surface area (Å²) in [5.41, 5.74) is 1.08. The molecule has 1 aliphatic carbocycles. The number of thioether (sulfide) groups is 1. The Morgan fingerprint density at radius 3 is 2.48 bits per heavy atom. The molecule has 1 N–H and O–H groups in total. The number of ether oxygens (including phenoxy) is 1. The molecule has 1 saturated carbocycles. The molecule has 2 fully saturated rings. The third kappa shape index (κ3) is 2.99. The first-order valence-electron chi connectivity index (χ1n) is 7.25. The molecule has 0 amide bonds. The number of Topliss-reactive ketones (excluding diaryl/α,β-unsaturated/α-hetero) is 1. The fourth-order valence-electron chi connectivity index (χ4n) is 2.90. The summed E-state index contributed by atoms with van der Waals surface area (Å²) in [4.78, 5) is 24.3. The minimum atomic E-state index is -0.0490. The fraction of sp³-hybridized carbons (Fsp3) is 0.500. The Morgan fingerprint density at radius 1 is 1.14 bits per heavy atom. The van der Waals surface area contributed by atoms with Crippen LogP contribution < -0.4 is 10.1 Å². The van der Waals surface area contributed by atoms with Crippen molar-refractivity contribution in [2.45, 2.75) is 18.9 Å². The SMILES string of the molecule is COc1ccc(C2CSC(=O)[C@@H]3CC[C@@H]3C(=O)CN2)cc1. The van der Waals surface area contributed by atoms with E-state index in [1.165, 1.54) is 11.8 Å². The maximum absolute atomic E-state index is 12.2. The molecule has 1 aliphatic heterocycles. The van der Waals surface area contributed by atoms with Gasteiger partial charge in [-0.2, -0.15) is 0 Å². The zero-order chi connectivity index (χ0) is 14.8. The summed E-state index contributed by atoms with van der Waals surface area (Å²) in [6.07, 6.45) is 1.74. The number of benzene rings is 1. The van der Waals surface area contributed by atoms with Crippen molar-refractivity contribution < 1.29 is 14.3 Å². The third-order valence-corrected chi connectivity index (χ3v) is 5.51. The lowest BCUT2D eigenvalue weighted by atomic mass is 9.72. The maximum Gasteiger partial charge on any atom is 0.192 e. The average Bonchev–Trinajstić information content (AvgIpc) is 2.49. The van der Waals surface area contributed by atoms with E-state index >= 15 is 0 Å². The largest absolute Gasteiger partial charge is 0.497 e. The molecule has 4 nitrogen and oxygen atoms in total. The van der Waals surface area contributed by atoms with E-state index in [9.17, 15) is 9.59 Å². The van der Waals surface area contributed by atoms with E-state index in [0.717, 1.165) is 24.2 Å². The van der Waals surface area contributed by atoms with Gasteiger partial charge in [0, 0.05) is 23.6 Å². The van der Waals surface area contributed by atoms with Crippen molar-refractivity contribution >= 4 is 22.7 Å². The van der Waals surface area contributed by atoms with Gasteiger partial charge in [-0.05, 0) is 30.5 Å². The van der Waals surface area contributed by atoms with Crippen LogP contribution in [-0.4, -0.2) is 30.3 Å². The van der Waals surface area contributed by atoms with Gasteiger partial charge in [0.15, 0.2) is 5.12 Å². The number of hydrogen-bond donors (Lipinski definition) is 1. The number of ketones is 1. The highest BCUT2D eigenvalue weighted by atomic mass is 32.2. The van der Waals surface area contributed by atoms with Gasteiger partial charge in [0.25, 0.3) is 0 Å². The Bertz CT molecular complexity index is 517. The number of nitrogens with one attached hydrogen (secondary N) is 1. The molecule has 0 spiro atoms. The standard InChI is InChI=1S/C16H19NO3S/c1-20-11-4-2-10(3-5-11)14-9-21-16(19)13-7-6-12(13)15(18)8-17-14/h2-5,12-14,17H,6-9H2,1H3/t12-,13+,14?/m0/s1. The molecule has 0 aromatic heterocycles. The van der Waals surface area contributed by atoms with Crippen molar-refractivity contribution in [3.63, 3.8) is 0 Å². The van der Waals surface area contributed by atoms with Gasteiger partial charge in [0.2, 0.25) is 0 Å². The van der Waals surface area contributed by atoms with Gasteiger partial charge in [0.05, 0.1) is 13.7 Å². The van der Waals surface area contributed by atoms with E-state index < -0.39 is 0 Å². The van der Waals surface area contributed by atoms with E-state index in [2.05, 4.69) is 5.32 Å². The van der Waals surface area contributed by atoms with Gasteiger partial charge >= 0.3 is 0 Å². The highest BCUT2D eigenvalue weighted by Gasteiger charge is 2.41. The monoisotopic (exact) mass is 305 g/mol. The summed E-state index contributed by atoms with van der Waals surface area (Å²) in [5, 5.41) is 3.49. The Hall–Kier alpha value is -1.33. The number of methoxy groups -OCH3 is 1. The zero-order valence-corrected chi connectivity index (χ0v) is 12.8. The van der Waals surface area contributed by atoms with Gasteiger partial charge in [-0.15, -0.1) is 0 Å². The highest BCUT2D eigenvalue weighted by molar-refractivity contribution is 8.13. The lowest BCUT2D eigenvalue weighted by Gasteiger charge is -2.33. The summed E-state index contributed by atoms with van der Waals surface area (Å²) < 4.78 is 5.16. The number of carbonyl (C=O) groups excluding carboxylic acids is 2. The summed E-state index contributed by atoms with van der Waals surface area (Å²) >= 11 is 1.36. The first kappa shape index (κ1) is 14.6. The second kappa shape index (κ2) is 6.20. The van der Waals surface area contributed by atoms with Crippen LogP contribution in [0.3, 0.4) is 0 Å². The summed E-state index contributed by atoms with van der Waals surface area (Å²) in [6, 6.07) is 7.80. The summed E-state index contributed by atoms with van der Waals surface area (Å²) in [7, 11) is 1.64. The maximum atomic E-state index is 12.2. The van der Waals surface area contributed by atoms with Crippen LogP contribution in [0.5, 0.6) is 5.75 Å². The topological polar surface area (TPSA) is 55.4 Å². The Balaban J connectivity index is 1.75. The lowest BCUT2D eigenvalue weighted by molar-refractivity contribution is -0.133. The molecule has 1 unspecified atom stereocenters. The van der Waals surface area contributed by atoms with Crippen molar-refractivity contribution in [3.05, 3.63) is 29.8 Å². The molecule has 1 aromatic carbocycles. The molecule has 1 saturated heterocycles. The molecule has 0 radical (unpaired) electrons. The van der Waals surface area contributed by atoms with Crippen LogP contribution in [0.4, 0.5) is 0 Å². The average molecular weight is 305 g/mol. The van der Waals surface area contributed by atoms with Crippen molar-refractivity contribution in [2.75, 3.05) is 19.4 Å². The molecule has 1 aromatic rings. The minimum absolute atomic E-state index is 0.0197. The van der Waals surface area contributed by atoms with E-state index in [0.29, 0.717) is 12.3 Å². The smallest absolute Gasteiger partial charge is 0.192 e. The van der Waals surface area contributed by atoms with Crippen molar-refractivity contribution in [2.24, 2.45) is 11.8 Å². The van der Waals surface area contributed by atoms with Crippen LogP contribution in [0, 0.1) is 11.8 Å². The van der Waals surface area contributed by atoms with Crippen molar-refractivity contribution in [1.82, 2.24) is 5.32 Å². The third-order valence-electron chi connectivity index (χ3n) is 4.42. The number of rotatable bonds is 2. The molecule has 5 heteroatoms. The minimum Gasteiger partial charge on any atom is -0.497 e. The molecule has 1 heterocycles. The Morgan fingerprint density at radius 2 is 1.86 bits per heavy atom. The second-order valence-corrected chi connectivity index (χ2v) is 6.62. The van der Waals surface area contributed by atoms with Crippen molar-refractivity contribution in [1.29, 1.82) is 0 Å². The fourth-order valence-corrected chi connectivity index (χ4v) is 4.04. The quantitative estimate of drug-likeness (QED) is 0.908. The first-order valence-corrected chi connectivity index (χ1v) is 8.24. The molecule has 2 aliphatic rings. The van der Waals surface area contributed by atoms with Crippen LogP contribution in [-0.2, 0) is 9.59 Å². The van der Waals surface area contributed by atoms with E-state index in [1.54, 1.807) is 7.11 Å². The first-order chi connectivity index (χ1) is 10.2. The van der Waals surface area contributed by atoms with Gasteiger partial charge in [-0.1, -0.05) is 23.9 Å². The predicted molar refractivity (Wildman–Crippen MR) is 82.4 cm³/mol. The van der Waals surface area contributed by atoms with Gasteiger partial charge in [-0.3, -0.25) is 9.59 Å². The predicted octanol–water partition coefficient (Wildman–Crippen LogP) is 2.19. The molecule has 0 bridgehead atoms. The van der Waals surface area contributed by atoms with Crippen LogP contribution in [0.2, 0.25) is 0 Å². The van der Waals surface area contributed by atoms with Crippen LogP contribution in [0.1, 0.15) is 24.4 Å². The van der Waals surface area contributed by atoms with Crippen LogP contribution in [0.15, 0.2) is 24.3 Å². The second-order valence-electron chi connectivity index (χ2n) is 5.59. The normalized spacial score (nSPS) is 29.7. The van der Waals surface area contributed by atoms with Crippen LogP contribution in [0.25, 0.3) is 0 Å². The molecule has 3 atom stereocenters. The molecule has 112 valence electrons. The van der Waals surface area contributed by atoms with Crippen LogP contribution >= 0.6 is 11.8 Å². The summed E-state index contributed by atoms with van der Waals surface area (Å²) in [5.74, 6) is 1.56. The van der Waals surface area contributed by atoms with E-state index in [-0.39, 0.29) is 28.8 Å². The number of fused-ring (bicyclic) bond motifs is 1. The molecule has 21 heavy (non-hydrogen) atoms. The number of carbonyl (C=O) groups is 2. The zero-order valence-electron chi connectivity index (χ0n) is 12.0. The lowest BCUT2D eigenvalue weighted by Crippen LogP contribution is -2.40. The number of hydrogen-bond acceptors (Lipinski definition) is 5. The Labute approximate surface area is 128 Å². The molecular weight excluding hydrogens is 286 g/mol. The Kier molecular flexibility index (Phi) is 4.31.